The molecule has 2 aromatic rings. The van der Waals surface area contributed by atoms with Gasteiger partial charge in [-0.2, -0.15) is 4.39 Å². The first-order chi connectivity index (χ1) is 14.3. The molecule has 0 bridgehead atoms. The van der Waals surface area contributed by atoms with Gasteiger partial charge in [-0.3, -0.25) is 14.9 Å². The highest BCUT2D eigenvalue weighted by Gasteiger charge is 2.22. The minimum Gasteiger partial charge on any atom is -0.465 e. The van der Waals surface area contributed by atoms with Crippen LogP contribution < -0.4 is 10.2 Å². The summed E-state index contributed by atoms with van der Waals surface area (Å²) in [5.74, 6) is -2.24. The fourth-order valence-electron chi connectivity index (χ4n) is 3.19. The molecule has 0 aromatic heterocycles. The van der Waals surface area contributed by atoms with Gasteiger partial charge in [0, 0.05) is 37.8 Å². The number of methoxy groups -OCH3 is 1. The number of hydrogen-bond acceptors (Lipinski definition) is 7. The Morgan fingerprint density at radius 3 is 2.40 bits per heavy atom. The van der Waals surface area contributed by atoms with Crippen LogP contribution in [0.15, 0.2) is 36.4 Å². The summed E-state index contributed by atoms with van der Waals surface area (Å²) in [5.41, 5.74) is 0.456. The van der Waals surface area contributed by atoms with Gasteiger partial charge >= 0.3 is 11.7 Å². The number of amides is 1. The lowest BCUT2D eigenvalue weighted by molar-refractivity contribution is -0.387. The highest BCUT2D eigenvalue weighted by atomic mass is 19.1. The standard InChI is InChI=1S/C20H21FN4O5/c1-23-7-9-24(10-8-23)17-6-4-14(20(27)30-2)11-16(17)22-19(26)13-3-5-15(21)18(12-13)25(28)29/h3-6,11-12H,7-10H2,1-2H3,(H,22,26). The Labute approximate surface area is 172 Å². The molecule has 10 heteroatoms. The predicted octanol–water partition coefficient (Wildman–Crippen LogP) is 2.52. The zero-order valence-corrected chi connectivity index (χ0v) is 16.6. The minimum absolute atomic E-state index is 0.0732. The summed E-state index contributed by atoms with van der Waals surface area (Å²) in [4.78, 5) is 39.0. The minimum atomic E-state index is -1.03. The number of piperazine rings is 1. The molecule has 1 saturated heterocycles. The summed E-state index contributed by atoms with van der Waals surface area (Å²) >= 11 is 0. The molecule has 30 heavy (non-hydrogen) atoms. The second kappa shape index (κ2) is 8.87. The van der Waals surface area contributed by atoms with Crippen molar-refractivity contribution >= 4 is 28.9 Å². The number of hydrogen-bond donors (Lipinski definition) is 1. The van der Waals surface area contributed by atoms with Gasteiger partial charge in [0.1, 0.15) is 0 Å². The molecule has 0 aliphatic carbocycles. The molecule has 9 nitrogen and oxygen atoms in total. The summed E-state index contributed by atoms with van der Waals surface area (Å²) in [6.07, 6.45) is 0. The van der Waals surface area contributed by atoms with Crippen LogP contribution in [-0.4, -0.2) is 62.0 Å². The monoisotopic (exact) mass is 416 g/mol. The summed E-state index contributed by atoms with van der Waals surface area (Å²) in [5, 5.41) is 13.7. The van der Waals surface area contributed by atoms with E-state index in [1.165, 1.54) is 13.2 Å². The summed E-state index contributed by atoms with van der Waals surface area (Å²) < 4.78 is 18.3. The molecule has 2 aromatic carbocycles. The van der Waals surface area contributed by atoms with Crippen molar-refractivity contribution in [2.75, 3.05) is 50.6 Å². The molecule has 0 radical (unpaired) electrons. The molecule has 1 aliphatic heterocycles. The van der Waals surface area contributed by atoms with Crippen molar-refractivity contribution in [2.45, 2.75) is 0 Å². The SMILES string of the molecule is COC(=O)c1ccc(N2CCN(C)CC2)c(NC(=O)c2ccc(F)c([N+](=O)[O-])c2)c1. The first-order valence-corrected chi connectivity index (χ1v) is 9.21. The van der Waals surface area contributed by atoms with E-state index in [0.717, 1.165) is 44.4 Å². The van der Waals surface area contributed by atoms with Crippen molar-refractivity contribution in [1.82, 2.24) is 4.90 Å². The average molecular weight is 416 g/mol. The molecular weight excluding hydrogens is 395 g/mol. The third-order valence-electron chi connectivity index (χ3n) is 4.91. The molecule has 1 N–H and O–H groups in total. The van der Waals surface area contributed by atoms with Crippen molar-refractivity contribution in [3.05, 3.63) is 63.5 Å². The van der Waals surface area contributed by atoms with E-state index in [0.29, 0.717) is 11.4 Å². The molecule has 0 spiro atoms. The van der Waals surface area contributed by atoms with Crippen LogP contribution in [0.2, 0.25) is 0 Å². The molecule has 1 aliphatic rings. The van der Waals surface area contributed by atoms with Crippen molar-refractivity contribution in [1.29, 1.82) is 0 Å². The van der Waals surface area contributed by atoms with E-state index in [2.05, 4.69) is 15.1 Å². The van der Waals surface area contributed by atoms with E-state index in [4.69, 9.17) is 4.74 Å². The lowest BCUT2D eigenvalue weighted by Crippen LogP contribution is -2.44. The normalized spacial score (nSPS) is 14.3. The van der Waals surface area contributed by atoms with Gasteiger partial charge in [-0.25, -0.2) is 4.79 Å². The topological polar surface area (TPSA) is 105 Å². The Balaban J connectivity index is 1.94. The Morgan fingerprint density at radius 1 is 1.10 bits per heavy atom. The van der Waals surface area contributed by atoms with Crippen molar-refractivity contribution < 1.29 is 23.6 Å². The largest absolute Gasteiger partial charge is 0.465 e. The second-order valence-corrected chi connectivity index (χ2v) is 6.89. The van der Waals surface area contributed by atoms with Crippen LogP contribution in [0, 0.1) is 15.9 Å². The molecule has 1 amide bonds. The van der Waals surface area contributed by atoms with Crippen LogP contribution in [0.3, 0.4) is 0 Å². The van der Waals surface area contributed by atoms with Gasteiger partial charge in [0.25, 0.3) is 5.91 Å². The molecule has 158 valence electrons. The van der Waals surface area contributed by atoms with Crippen LogP contribution in [0.5, 0.6) is 0 Å². The molecule has 3 rings (SSSR count). The number of halogens is 1. The maximum atomic E-state index is 13.6. The fraction of sp³-hybridized carbons (Fsp3) is 0.300. The van der Waals surface area contributed by atoms with Crippen LogP contribution in [0.4, 0.5) is 21.5 Å². The van der Waals surface area contributed by atoms with Gasteiger partial charge in [-0.05, 0) is 37.4 Å². The number of esters is 1. The summed E-state index contributed by atoms with van der Waals surface area (Å²) in [6, 6.07) is 7.74. The number of likely N-dealkylation sites (N-methyl/N-ethyl adjacent to an activating group) is 1. The number of nitro groups is 1. The van der Waals surface area contributed by atoms with Crippen LogP contribution in [-0.2, 0) is 4.74 Å². The number of carbonyl (C=O) groups is 2. The van der Waals surface area contributed by atoms with Crippen molar-refractivity contribution in [3.8, 4) is 0 Å². The van der Waals surface area contributed by atoms with Crippen molar-refractivity contribution in [2.24, 2.45) is 0 Å². The highest BCUT2D eigenvalue weighted by Crippen LogP contribution is 2.29. The number of nitrogens with one attached hydrogen (secondary N) is 1. The number of rotatable bonds is 5. The van der Waals surface area contributed by atoms with Gasteiger partial charge in [-0.15, -0.1) is 0 Å². The first kappa shape index (κ1) is 21.2. The number of nitro benzene ring substituents is 1. The third kappa shape index (κ3) is 4.54. The average Bonchev–Trinajstić information content (AvgIpc) is 2.74. The van der Waals surface area contributed by atoms with E-state index in [1.54, 1.807) is 12.1 Å². The van der Waals surface area contributed by atoms with E-state index < -0.39 is 28.3 Å². The number of ether oxygens (including phenoxy) is 1. The molecule has 1 heterocycles. The Bertz CT molecular complexity index is 989. The maximum Gasteiger partial charge on any atom is 0.337 e. The molecule has 0 atom stereocenters. The van der Waals surface area contributed by atoms with E-state index >= 15 is 0 Å². The second-order valence-electron chi connectivity index (χ2n) is 6.89. The quantitative estimate of drug-likeness (QED) is 0.454. The molecule has 0 saturated carbocycles. The lowest BCUT2D eigenvalue weighted by atomic mass is 10.1. The van der Waals surface area contributed by atoms with Crippen LogP contribution in [0.1, 0.15) is 20.7 Å². The number of nitrogens with zero attached hydrogens (tertiary/aromatic N) is 3. The maximum absolute atomic E-state index is 13.6. The van der Waals surface area contributed by atoms with Gasteiger partial charge in [-0.1, -0.05) is 0 Å². The number of carbonyl (C=O) groups excluding carboxylic acids is 2. The molecular formula is C20H21FN4O5. The molecule has 1 fully saturated rings. The third-order valence-corrected chi connectivity index (χ3v) is 4.91. The predicted molar refractivity (Wildman–Crippen MR) is 108 cm³/mol. The zero-order valence-electron chi connectivity index (χ0n) is 16.6. The number of benzene rings is 2. The van der Waals surface area contributed by atoms with Crippen LogP contribution >= 0.6 is 0 Å². The first-order valence-electron chi connectivity index (χ1n) is 9.21. The van der Waals surface area contributed by atoms with Gasteiger partial charge in [0.2, 0.25) is 5.82 Å². The summed E-state index contributed by atoms with van der Waals surface area (Å²) in [7, 11) is 3.27. The summed E-state index contributed by atoms with van der Waals surface area (Å²) in [6.45, 7) is 3.10. The van der Waals surface area contributed by atoms with Crippen molar-refractivity contribution in [3.63, 3.8) is 0 Å². The molecule has 0 unspecified atom stereocenters. The lowest BCUT2D eigenvalue weighted by Gasteiger charge is -2.35. The Hall–Kier alpha value is -3.53. The van der Waals surface area contributed by atoms with Gasteiger partial charge in [0.05, 0.1) is 29.0 Å². The van der Waals surface area contributed by atoms with E-state index in [-0.39, 0.29) is 11.1 Å². The Morgan fingerprint density at radius 2 is 1.77 bits per heavy atom. The fourth-order valence-corrected chi connectivity index (χ4v) is 3.19. The van der Waals surface area contributed by atoms with Gasteiger partial charge in [0.15, 0.2) is 0 Å². The Kier molecular flexibility index (Phi) is 6.26. The zero-order chi connectivity index (χ0) is 21.8. The smallest absolute Gasteiger partial charge is 0.337 e. The van der Waals surface area contributed by atoms with Gasteiger partial charge < -0.3 is 19.9 Å². The van der Waals surface area contributed by atoms with Crippen LogP contribution in [0.25, 0.3) is 0 Å². The number of anilines is 2. The highest BCUT2D eigenvalue weighted by molar-refractivity contribution is 6.07. The van der Waals surface area contributed by atoms with E-state index in [9.17, 15) is 24.1 Å². The van der Waals surface area contributed by atoms with E-state index in [1.807, 2.05) is 7.05 Å².